The Morgan fingerprint density at radius 2 is 1.63 bits per heavy atom. The van der Waals surface area contributed by atoms with Crippen LogP contribution in [0.25, 0.3) is 0 Å². The molecule has 4 aliphatic carbocycles. The number of thioether (sulfide) groups is 1. The largest absolute Gasteiger partial charge is 0.392 e. The molecule has 4 bridgehead atoms. The van der Waals surface area contributed by atoms with Gasteiger partial charge in [-0.1, -0.05) is 48.2 Å². The van der Waals surface area contributed by atoms with Gasteiger partial charge in [0, 0.05) is 29.0 Å². The Morgan fingerprint density at radius 3 is 2.27 bits per heavy atom. The van der Waals surface area contributed by atoms with Crippen molar-refractivity contribution in [3.63, 3.8) is 0 Å². The van der Waals surface area contributed by atoms with Crippen molar-refractivity contribution in [3.05, 3.63) is 71.5 Å². The van der Waals surface area contributed by atoms with E-state index in [1.165, 1.54) is 25.6 Å². The zero-order valence-corrected chi connectivity index (χ0v) is 23.8. The number of hydrogen-bond donors (Lipinski definition) is 4. The van der Waals surface area contributed by atoms with E-state index in [1.54, 1.807) is 11.8 Å². The summed E-state index contributed by atoms with van der Waals surface area (Å²) in [5.41, 5.74) is 3.53. The van der Waals surface area contributed by atoms with E-state index in [9.17, 15) is 9.90 Å². The minimum atomic E-state index is -0.554. The lowest BCUT2D eigenvalue weighted by Crippen LogP contribution is -2.60. The zero-order valence-electron chi connectivity index (χ0n) is 23.0. The summed E-state index contributed by atoms with van der Waals surface area (Å²) in [5, 5.41) is 23.5. The number of carbonyl (C=O) groups excluding carboxylic acids is 1. The maximum atomic E-state index is 13.0. The predicted octanol–water partition coefficient (Wildman–Crippen LogP) is 5.73. The van der Waals surface area contributed by atoms with Crippen molar-refractivity contribution >= 4 is 23.5 Å². The van der Waals surface area contributed by atoms with E-state index in [-0.39, 0.29) is 30.4 Å². The van der Waals surface area contributed by atoms with Crippen LogP contribution in [-0.4, -0.2) is 43.7 Å². The van der Waals surface area contributed by atoms with Crippen LogP contribution in [-0.2, 0) is 16.1 Å². The number of hydrogen-bond acceptors (Lipinski definition) is 7. The number of anilines is 1. The number of aliphatic hydroxyl groups is 1. The molecule has 4 saturated carbocycles. The fourth-order valence-corrected chi connectivity index (χ4v) is 8.65. The van der Waals surface area contributed by atoms with Crippen LogP contribution < -0.4 is 10.6 Å². The fraction of sp³-hybridized carbons (Fsp3) is 0.516. The van der Waals surface area contributed by atoms with Crippen LogP contribution in [0.15, 0.2) is 60.0 Å². The number of ether oxygens (including phenoxy) is 2. The highest BCUT2D eigenvalue weighted by molar-refractivity contribution is 7.99. The molecular weight excluding hydrogens is 538 g/mol. The quantitative estimate of drug-likeness (QED) is 0.253. The standard InChI is InChI=1S/C31H37N5O4S/c37-16-19-1-3-23(4-2-19)27-12-26(17-41-30-32-18-33-36-30)39-28(40-27)24-5-7-25(8-6-24)34-29(38)35-31-13-20-9-21(14-31)11-22(10-20)15-31/h1-8,18,20-22,26-28,37H,9-17H2,(H,32,33,36)(H2,34,35,38)/t20?,21?,22?,26-,27+,28+,31?/m1/s1. The molecule has 5 aliphatic rings. The third-order valence-electron chi connectivity index (χ3n) is 9.27. The van der Waals surface area contributed by atoms with Gasteiger partial charge in [-0.3, -0.25) is 5.10 Å². The second-order valence-corrected chi connectivity index (χ2v) is 13.4. The van der Waals surface area contributed by atoms with Gasteiger partial charge in [-0.15, -0.1) is 0 Å². The molecule has 1 aliphatic heterocycles. The normalized spacial score (nSPS) is 32.1. The Hall–Kier alpha value is -2.92. The van der Waals surface area contributed by atoms with Gasteiger partial charge in [0.25, 0.3) is 0 Å². The monoisotopic (exact) mass is 575 g/mol. The van der Waals surface area contributed by atoms with Crippen molar-refractivity contribution in [3.8, 4) is 0 Å². The lowest BCUT2D eigenvalue weighted by molar-refractivity contribution is -0.245. The van der Waals surface area contributed by atoms with Gasteiger partial charge in [0.2, 0.25) is 0 Å². The number of nitrogens with zero attached hydrogens (tertiary/aromatic N) is 2. The van der Waals surface area contributed by atoms with Crippen molar-refractivity contribution in [2.45, 2.75) is 80.7 Å². The van der Waals surface area contributed by atoms with Crippen molar-refractivity contribution < 1.29 is 19.4 Å². The maximum absolute atomic E-state index is 13.0. The summed E-state index contributed by atoms with van der Waals surface area (Å²) in [6, 6.07) is 15.5. The van der Waals surface area contributed by atoms with Crippen LogP contribution >= 0.6 is 11.8 Å². The van der Waals surface area contributed by atoms with E-state index < -0.39 is 6.29 Å². The topological polar surface area (TPSA) is 121 Å². The number of nitrogens with one attached hydrogen (secondary N) is 3. The van der Waals surface area contributed by atoms with Gasteiger partial charge >= 0.3 is 6.03 Å². The molecule has 2 aromatic carbocycles. The molecule has 0 spiro atoms. The number of aromatic amines is 1. The molecule has 8 rings (SSSR count). The Kier molecular flexibility index (Phi) is 7.49. The van der Waals surface area contributed by atoms with Crippen molar-refractivity contribution in [2.24, 2.45) is 17.8 Å². The maximum Gasteiger partial charge on any atom is 0.319 e. The molecule has 2 heterocycles. The van der Waals surface area contributed by atoms with Crippen molar-refractivity contribution in [2.75, 3.05) is 11.1 Å². The smallest absolute Gasteiger partial charge is 0.319 e. The van der Waals surface area contributed by atoms with E-state index >= 15 is 0 Å². The van der Waals surface area contributed by atoms with Gasteiger partial charge < -0.3 is 25.2 Å². The van der Waals surface area contributed by atoms with Gasteiger partial charge in [-0.25, -0.2) is 9.78 Å². The molecule has 1 aromatic heterocycles. The zero-order chi connectivity index (χ0) is 27.8. The van der Waals surface area contributed by atoms with Gasteiger partial charge in [0.15, 0.2) is 11.4 Å². The third-order valence-corrected chi connectivity index (χ3v) is 10.3. The van der Waals surface area contributed by atoms with Crippen LogP contribution in [0, 0.1) is 17.8 Å². The van der Waals surface area contributed by atoms with Crippen LogP contribution in [0.2, 0.25) is 0 Å². The summed E-state index contributed by atoms with van der Waals surface area (Å²) in [7, 11) is 0. The molecule has 9 nitrogen and oxygen atoms in total. The highest BCUT2D eigenvalue weighted by atomic mass is 32.2. The summed E-state index contributed by atoms with van der Waals surface area (Å²) >= 11 is 1.57. The average molecular weight is 576 g/mol. The number of carbonyl (C=O) groups is 1. The lowest BCUT2D eigenvalue weighted by atomic mass is 9.53. The number of urea groups is 1. The second-order valence-electron chi connectivity index (χ2n) is 12.4. The minimum absolute atomic E-state index is 0.00886. The number of amides is 2. The highest BCUT2D eigenvalue weighted by Gasteiger charge is 2.51. The minimum Gasteiger partial charge on any atom is -0.392 e. The molecule has 5 fully saturated rings. The molecule has 10 heteroatoms. The lowest BCUT2D eigenvalue weighted by Gasteiger charge is -2.56. The van der Waals surface area contributed by atoms with Crippen LogP contribution in [0.4, 0.5) is 10.5 Å². The summed E-state index contributed by atoms with van der Waals surface area (Å²) < 4.78 is 12.9. The molecule has 1 saturated heterocycles. The predicted molar refractivity (Wildman–Crippen MR) is 155 cm³/mol. The van der Waals surface area contributed by atoms with Gasteiger partial charge in [-0.05, 0) is 79.5 Å². The molecule has 216 valence electrons. The highest BCUT2D eigenvalue weighted by Crippen LogP contribution is 2.55. The first-order valence-electron chi connectivity index (χ1n) is 14.7. The van der Waals surface area contributed by atoms with Crippen LogP contribution in [0.5, 0.6) is 0 Å². The molecule has 0 unspecified atom stereocenters. The fourth-order valence-electron chi connectivity index (χ4n) is 7.85. The van der Waals surface area contributed by atoms with E-state index in [0.29, 0.717) is 12.2 Å². The van der Waals surface area contributed by atoms with E-state index in [1.807, 2.05) is 48.5 Å². The summed E-state index contributed by atoms with van der Waals surface area (Å²) in [6.45, 7) is 0.00886. The molecule has 0 radical (unpaired) electrons. The molecule has 3 aromatic rings. The number of aliphatic hydroxyl groups excluding tert-OH is 1. The third kappa shape index (κ3) is 6.02. The first kappa shape index (κ1) is 26.9. The van der Waals surface area contributed by atoms with E-state index in [0.717, 1.165) is 64.6 Å². The Balaban J connectivity index is 1.02. The van der Waals surface area contributed by atoms with Crippen LogP contribution in [0.3, 0.4) is 0 Å². The summed E-state index contributed by atoms with van der Waals surface area (Å²) in [4.78, 5) is 17.3. The average Bonchev–Trinajstić information content (AvgIpc) is 3.49. The molecule has 3 atom stereocenters. The van der Waals surface area contributed by atoms with Crippen LogP contribution in [0.1, 0.15) is 74.0 Å². The Morgan fingerprint density at radius 1 is 0.951 bits per heavy atom. The van der Waals surface area contributed by atoms with Crippen molar-refractivity contribution in [1.29, 1.82) is 0 Å². The number of benzene rings is 2. The van der Waals surface area contributed by atoms with Gasteiger partial charge in [-0.2, -0.15) is 5.10 Å². The first-order valence-corrected chi connectivity index (χ1v) is 15.7. The summed E-state index contributed by atoms with van der Waals surface area (Å²) in [6.07, 6.45) is 8.84. The second kappa shape index (κ2) is 11.4. The number of H-pyrrole nitrogens is 1. The molecular formula is C31H37N5O4S. The SMILES string of the molecule is O=C(Nc1ccc([C@H]2O[C@@H](CSc3ncn[nH]3)C[C@@H](c3ccc(CO)cc3)O2)cc1)NC12CC3CC(CC(C3)C1)C2. The summed E-state index contributed by atoms with van der Waals surface area (Å²) in [5.74, 6) is 3.05. The number of aromatic nitrogens is 3. The van der Waals surface area contributed by atoms with E-state index in [4.69, 9.17) is 9.47 Å². The van der Waals surface area contributed by atoms with Gasteiger partial charge in [0.1, 0.15) is 6.33 Å². The molecule has 2 amide bonds. The first-order chi connectivity index (χ1) is 20.0. The Bertz CT molecular complexity index is 1300. The van der Waals surface area contributed by atoms with E-state index in [2.05, 4.69) is 25.8 Å². The van der Waals surface area contributed by atoms with Gasteiger partial charge in [0.05, 0.1) is 18.8 Å². The number of rotatable bonds is 8. The van der Waals surface area contributed by atoms with Crippen molar-refractivity contribution in [1.82, 2.24) is 20.5 Å². The Labute approximate surface area is 244 Å². The molecule has 41 heavy (non-hydrogen) atoms. The molecule has 4 N–H and O–H groups in total.